The zero-order valence-corrected chi connectivity index (χ0v) is 16.8. The summed E-state index contributed by atoms with van der Waals surface area (Å²) in [5.74, 6) is 1.05. The van der Waals surface area contributed by atoms with Crippen molar-refractivity contribution in [1.82, 2.24) is 19.8 Å². The number of benzene rings is 1. The van der Waals surface area contributed by atoms with Crippen molar-refractivity contribution in [2.75, 3.05) is 38.5 Å². The third-order valence-corrected chi connectivity index (χ3v) is 5.86. The molecule has 2 aliphatic heterocycles. The van der Waals surface area contributed by atoms with Crippen LogP contribution in [0.15, 0.2) is 30.3 Å². The van der Waals surface area contributed by atoms with Crippen molar-refractivity contribution in [3.8, 4) is 0 Å². The first kappa shape index (κ1) is 18.9. The molecule has 1 aromatic carbocycles. The highest BCUT2D eigenvalue weighted by Crippen LogP contribution is 2.26. The van der Waals surface area contributed by atoms with Gasteiger partial charge in [0.1, 0.15) is 5.69 Å². The Bertz CT molecular complexity index is 832. The number of nitrogens with one attached hydrogen (secondary N) is 1. The summed E-state index contributed by atoms with van der Waals surface area (Å²) >= 11 is 0. The molecular formula is C22H29N5O. The van der Waals surface area contributed by atoms with Gasteiger partial charge in [0.2, 0.25) is 5.95 Å². The van der Waals surface area contributed by atoms with E-state index in [9.17, 15) is 4.79 Å². The molecule has 3 heterocycles. The van der Waals surface area contributed by atoms with E-state index in [1.165, 1.54) is 5.56 Å². The second-order valence-electron chi connectivity index (χ2n) is 7.87. The number of nitrogens with zero attached hydrogens (tertiary/aromatic N) is 4. The molecular weight excluding hydrogens is 350 g/mol. The number of carbonyl (C=O) groups excluding carboxylic acids is 1. The maximum atomic E-state index is 13.1. The van der Waals surface area contributed by atoms with Gasteiger partial charge in [-0.1, -0.05) is 37.3 Å². The summed E-state index contributed by atoms with van der Waals surface area (Å²) in [7, 11) is 1.81. The molecule has 1 amide bonds. The van der Waals surface area contributed by atoms with Gasteiger partial charge in [0.15, 0.2) is 0 Å². The molecule has 1 aromatic heterocycles. The standard InChI is InChI=1S/C22H29N5O/c1-16(17-8-4-3-5-9-17)14-26-13-10-19-18(15-26)20(25-22(23-2)24-19)21(28)27-11-6-7-12-27/h3-5,8-9,16H,6-7,10-15H2,1-2H3,(H,23,24,25)/t16-/m0/s1. The molecule has 1 N–H and O–H groups in total. The summed E-state index contributed by atoms with van der Waals surface area (Å²) in [5.41, 5.74) is 3.98. The molecule has 148 valence electrons. The normalized spacial score (nSPS) is 18.0. The topological polar surface area (TPSA) is 61.4 Å². The molecule has 0 saturated carbocycles. The molecule has 1 saturated heterocycles. The number of rotatable bonds is 5. The van der Waals surface area contributed by atoms with Crippen LogP contribution in [0.5, 0.6) is 0 Å². The van der Waals surface area contributed by atoms with E-state index in [1.54, 1.807) is 0 Å². The monoisotopic (exact) mass is 379 g/mol. The lowest BCUT2D eigenvalue weighted by atomic mass is 9.98. The van der Waals surface area contributed by atoms with Gasteiger partial charge in [-0.05, 0) is 24.3 Å². The third-order valence-electron chi connectivity index (χ3n) is 5.86. The van der Waals surface area contributed by atoms with Gasteiger partial charge in [-0.2, -0.15) is 0 Å². The average Bonchev–Trinajstić information content (AvgIpc) is 3.28. The summed E-state index contributed by atoms with van der Waals surface area (Å²) in [5, 5.41) is 3.02. The molecule has 0 bridgehead atoms. The zero-order chi connectivity index (χ0) is 19.5. The quantitative estimate of drug-likeness (QED) is 0.866. The van der Waals surface area contributed by atoms with Crippen molar-refractivity contribution in [3.63, 3.8) is 0 Å². The van der Waals surface area contributed by atoms with Gasteiger partial charge in [0, 0.05) is 51.8 Å². The van der Waals surface area contributed by atoms with Crippen molar-refractivity contribution in [2.24, 2.45) is 0 Å². The number of aromatic nitrogens is 2. The molecule has 6 heteroatoms. The molecule has 0 radical (unpaired) electrons. The van der Waals surface area contributed by atoms with Crippen LogP contribution in [0.4, 0.5) is 5.95 Å². The van der Waals surface area contributed by atoms with Gasteiger partial charge in [0.25, 0.3) is 5.91 Å². The van der Waals surface area contributed by atoms with Gasteiger partial charge in [0.05, 0.1) is 5.69 Å². The number of anilines is 1. The van der Waals surface area contributed by atoms with Crippen LogP contribution in [0, 0.1) is 0 Å². The van der Waals surface area contributed by atoms with Crippen molar-refractivity contribution >= 4 is 11.9 Å². The number of carbonyl (C=O) groups is 1. The van der Waals surface area contributed by atoms with Crippen LogP contribution in [0.2, 0.25) is 0 Å². The molecule has 1 fully saturated rings. The van der Waals surface area contributed by atoms with Crippen LogP contribution < -0.4 is 5.32 Å². The summed E-state index contributed by atoms with van der Waals surface area (Å²) in [6, 6.07) is 10.6. The molecule has 6 nitrogen and oxygen atoms in total. The largest absolute Gasteiger partial charge is 0.357 e. The minimum Gasteiger partial charge on any atom is -0.357 e. The molecule has 2 aromatic rings. The van der Waals surface area contributed by atoms with E-state index in [4.69, 9.17) is 0 Å². The third kappa shape index (κ3) is 3.87. The fourth-order valence-electron chi connectivity index (χ4n) is 4.26. The Morgan fingerprint density at radius 1 is 1.14 bits per heavy atom. The van der Waals surface area contributed by atoms with Crippen molar-refractivity contribution in [3.05, 3.63) is 52.8 Å². The first-order chi connectivity index (χ1) is 13.7. The van der Waals surface area contributed by atoms with Gasteiger partial charge < -0.3 is 10.2 Å². The van der Waals surface area contributed by atoms with Crippen LogP contribution in [0.1, 0.15) is 53.0 Å². The minimum atomic E-state index is 0.0607. The summed E-state index contributed by atoms with van der Waals surface area (Å²) < 4.78 is 0. The highest BCUT2D eigenvalue weighted by atomic mass is 16.2. The number of hydrogen-bond acceptors (Lipinski definition) is 5. The van der Waals surface area contributed by atoms with Crippen LogP contribution in [0.25, 0.3) is 0 Å². The van der Waals surface area contributed by atoms with Crippen molar-refractivity contribution < 1.29 is 4.79 Å². The minimum absolute atomic E-state index is 0.0607. The maximum Gasteiger partial charge on any atom is 0.273 e. The highest BCUT2D eigenvalue weighted by molar-refractivity contribution is 5.94. The first-order valence-corrected chi connectivity index (χ1v) is 10.3. The molecule has 28 heavy (non-hydrogen) atoms. The predicted molar refractivity (Wildman–Crippen MR) is 111 cm³/mol. The molecule has 4 rings (SSSR count). The van der Waals surface area contributed by atoms with Crippen molar-refractivity contribution in [2.45, 2.75) is 38.6 Å². The average molecular weight is 380 g/mol. The lowest BCUT2D eigenvalue weighted by Crippen LogP contribution is -2.37. The number of likely N-dealkylation sites (tertiary alicyclic amines) is 1. The van der Waals surface area contributed by atoms with Crippen LogP contribution in [0.3, 0.4) is 0 Å². The van der Waals surface area contributed by atoms with E-state index in [0.29, 0.717) is 17.6 Å². The lowest BCUT2D eigenvalue weighted by molar-refractivity contribution is 0.0783. The number of hydrogen-bond donors (Lipinski definition) is 1. The van der Waals surface area contributed by atoms with E-state index in [-0.39, 0.29) is 5.91 Å². The SMILES string of the molecule is CNc1nc2c(c(C(=O)N3CCCC3)n1)CN(C[C@H](C)c1ccccc1)CC2. The first-order valence-electron chi connectivity index (χ1n) is 10.3. The Morgan fingerprint density at radius 3 is 2.61 bits per heavy atom. The van der Waals surface area contributed by atoms with E-state index in [1.807, 2.05) is 11.9 Å². The van der Waals surface area contributed by atoms with E-state index < -0.39 is 0 Å². The summed E-state index contributed by atoms with van der Waals surface area (Å²) in [6.07, 6.45) is 3.02. The molecule has 0 spiro atoms. The Hall–Kier alpha value is -2.47. The second kappa shape index (κ2) is 8.27. The van der Waals surface area contributed by atoms with Gasteiger partial charge in [-0.25, -0.2) is 9.97 Å². The van der Waals surface area contributed by atoms with Crippen LogP contribution >= 0.6 is 0 Å². The smallest absolute Gasteiger partial charge is 0.273 e. The highest BCUT2D eigenvalue weighted by Gasteiger charge is 2.29. The zero-order valence-electron chi connectivity index (χ0n) is 16.8. The number of fused-ring (bicyclic) bond motifs is 1. The van der Waals surface area contributed by atoms with E-state index in [2.05, 4.69) is 57.4 Å². The maximum absolute atomic E-state index is 13.1. The fourth-order valence-corrected chi connectivity index (χ4v) is 4.26. The lowest BCUT2D eigenvalue weighted by Gasteiger charge is -2.32. The second-order valence-corrected chi connectivity index (χ2v) is 7.87. The van der Waals surface area contributed by atoms with Gasteiger partial charge in [-0.3, -0.25) is 9.69 Å². The summed E-state index contributed by atoms with van der Waals surface area (Å²) in [4.78, 5) is 26.7. The molecule has 1 atom stereocenters. The van der Waals surface area contributed by atoms with Gasteiger partial charge >= 0.3 is 0 Å². The Labute approximate surface area is 167 Å². The van der Waals surface area contributed by atoms with E-state index in [0.717, 1.165) is 63.2 Å². The Kier molecular flexibility index (Phi) is 5.57. The van der Waals surface area contributed by atoms with Gasteiger partial charge in [-0.15, -0.1) is 0 Å². The van der Waals surface area contributed by atoms with E-state index >= 15 is 0 Å². The fraction of sp³-hybridized carbons (Fsp3) is 0.500. The summed E-state index contributed by atoms with van der Waals surface area (Å²) in [6.45, 7) is 6.60. The van der Waals surface area contributed by atoms with Crippen molar-refractivity contribution in [1.29, 1.82) is 0 Å². The molecule has 2 aliphatic rings. The predicted octanol–water partition coefficient (Wildman–Crippen LogP) is 2.92. The van der Waals surface area contributed by atoms with Crippen LogP contribution in [-0.4, -0.2) is 58.9 Å². The molecule has 0 unspecified atom stereocenters. The number of amides is 1. The molecule has 0 aliphatic carbocycles. The van der Waals surface area contributed by atoms with Crippen LogP contribution in [-0.2, 0) is 13.0 Å². The Morgan fingerprint density at radius 2 is 1.89 bits per heavy atom. The Balaban J connectivity index is 1.57.